The number of hydrogen-bond donors (Lipinski definition) is 3. The van der Waals surface area contributed by atoms with Crippen molar-refractivity contribution < 1.29 is 24.6 Å². The van der Waals surface area contributed by atoms with Crippen molar-refractivity contribution in [2.45, 2.75) is 25.8 Å². The van der Waals surface area contributed by atoms with Gasteiger partial charge in [-0.05, 0) is 41.7 Å². The second-order valence-electron chi connectivity index (χ2n) is 7.65. The molecule has 3 N–H and O–H groups in total. The number of pyridine rings is 1. The molecule has 3 rings (SSSR count). The van der Waals surface area contributed by atoms with Crippen LogP contribution in [0.4, 0.5) is 0 Å². The van der Waals surface area contributed by atoms with Crippen LogP contribution in [0.1, 0.15) is 39.8 Å². The van der Waals surface area contributed by atoms with Gasteiger partial charge in [0.15, 0.2) is 0 Å². The minimum absolute atomic E-state index is 0.0303. The fourth-order valence-corrected chi connectivity index (χ4v) is 3.42. The summed E-state index contributed by atoms with van der Waals surface area (Å²) in [6.07, 6.45) is 1.91. The molecular formula is C25H24N2O5. The van der Waals surface area contributed by atoms with Gasteiger partial charge in [-0.1, -0.05) is 61.5 Å². The molecule has 32 heavy (non-hydrogen) atoms. The van der Waals surface area contributed by atoms with Crippen molar-refractivity contribution in [3.8, 4) is 11.1 Å². The Balaban J connectivity index is 1.77. The van der Waals surface area contributed by atoms with Crippen LogP contribution in [-0.2, 0) is 11.2 Å². The topological polar surface area (TPSA) is 117 Å². The average Bonchev–Trinajstić information content (AvgIpc) is 2.80. The van der Waals surface area contributed by atoms with Crippen molar-refractivity contribution in [3.05, 3.63) is 89.7 Å². The largest absolute Gasteiger partial charge is 0.481 e. The van der Waals surface area contributed by atoms with Gasteiger partial charge in [0.1, 0.15) is 5.69 Å². The third-order valence-electron chi connectivity index (χ3n) is 5.18. The number of carboxylic acids is 2. The molecule has 1 unspecified atom stereocenters. The van der Waals surface area contributed by atoms with E-state index in [1.807, 2.05) is 54.6 Å². The molecule has 2 atom stereocenters. The van der Waals surface area contributed by atoms with Crippen molar-refractivity contribution in [2.24, 2.45) is 5.92 Å². The molecule has 7 nitrogen and oxygen atoms in total. The van der Waals surface area contributed by atoms with Crippen LogP contribution in [0, 0.1) is 5.92 Å². The first-order chi connectivity index (χ1) is 15.3. The SMILES string of the molecule is C[C@H](CC(Cc1ccc(-c2ccccc2)cc1)NC(=O)c1cc(C(=O)O)ccn1)C(=O)O. The predicted octanol–water partition coefficient (Wildman–Crippen LogP) is 3.90. The molecular weight excluding hydrogens is 408 g/mol. The molecule has 0 aliphatic heterocycles. The number of aromatic nitrogens is 1. The van der Waals surface area contributed by atoms with E-state index in [1.54, 1.807) is 6.92 Å². The fraction of sp³-hybridized carbons (Fsp3) is 0.200. The number of carboxylic acid groups (broad SMARTS) is 2. The molecule has 3 aromatic rings. The monoisotopic (exact) mass is 432 g/mol. The Labute approximate surface area is 185 Å². The van der Waals surface area contributed by atoms with Crippen LogP contribution >= 0.6 is 0 Å². The first-order valence-corrected chi connectivity index (χ1v) is 10.2. The Hall–Kier alpha value is -4.00. The highest BCUT2D eigenvalue weighted by molar-refractivity contribution is 5.96. The first kappa shape index (κ1) is 22.7. The van der Waals surface area contributed by atoms with Gasteiger partial charge < -0.3 is 15.5 Å². The van der Waals surface area contributed by atoms with Gasteiger partial charge in [0.25, 0.3) is 5.91 Å². The van der Waals surface area contributed by atoms with Crippen LogP contribution < -0.4 is 5.32 Å². The summed E-state index contributed by atoms with van der Waals surface area (Å²) < 4.78 is 0. The molecule has 0 aliphatic carbocycles. The van der Waals surface area contributed by atoms with Gasteiger partial charge in [0.05, 0.1) is 11.5 Å². The van der Waals surface area contributed by atoms with E-state index in [0.717, 1.165) is 16.7 Å². The molecule has 1 amide bonds. The highest BCUT2D eigenvalue weighted by atomic mass is 16.4. The smallest absolute Gasteiger partial charge is 0.335 e. The maximum absolute atomic E-state index is 12.7. The van der Waals surface area contributed by atoms with Gasteiger partial charge in [-0.3, -0.25) is 14.6 Å². The maximum Gasteiger partial charge on any atom is 0.335 e. The lowest BCUT2D eigenvalue weighted by atomic mass is 9.95. The van der Waals surface area contributed by atoms with Crippen LogP contribution in [0.15, 0.2) is 72.9 Å². The highest BCUT2D eigenvalue weighted by Crippen LogP contribution is 2.21. The van der Waals surface area contributed by atoms with E-state index < -0.39 is 29.8 Å². The summed E-state index contributed by atoms with van der Waals surface area (Å²) in [5.74, 6) is -3.32. The molecule has 0 radical (unpaired) electrons. The number of nitrogens with zero attached hydrogens (tertiary/aromatic N) is 1. The van der Waals surface area contributed by atoms with Crippen LogP contribution in [0.2, 0.25) is 0 Å². The zero-order valence-corrected chi connectivity index (χ0v) is 17.6. The normalized spacial score (nSPS) is 12.5. The van der Waals surface area contributed by atoms with E-state index in [-0.39, 0.29) is 17.7 Å². The molecule has 0 bridgehead atoms. The summed E-state index contributed by atoms with van der Waals surface area (Å²) in [6.45, 7) is 1.59. The minimum atomic E-state index is -1.16. The number of carbonyl (C=O) groups is 3. The Morgan fingerprint density at radius 2 is 1.59 bits per heavy atom. The molecule has 0 saturated carbocycles. The number of hydrogen-bond acceptors (Lipinski definition) is 4. The first-order valence-electron chi connectivity index (χ1n) is 10.2. The number of nitrogens with one attached hydrogen (secondary N) is 1. The Kier molecular flexibility index (Phi) is 7.33. The van der Waals surface area contributed by atoms with Crippen LogP contribution in [0.5, 0.6) is 0 Å². The lowest BCUT2D eigenvalue weighted by Crippen LogP contribution is -2.39. The summed E-state index contributed by atoms with van der Waals surface area (Å²) >= 11 is 0. The number of amides is 1. The van der Waals surface area contributed by atoms with Crippen molar-refractivity contribution in [2.75, 3.05) is 0 Å². The number of aromatic carboxylic acids is 1. The van der Waals surface area contributed by atoms with Crippen LogP contribution in [0.3, 0.4) is 0 Å². The summed E-state index contributed by atoms with van der Waals surface area (Å²) in [4.78, 5) is 39.2. The fourth-order valence-electron chi connectivity index (χ4n) is 3.42. The summed E-state index contributed by atoms with van der Waals surface area (Å²) in [6, 6.07) is 19.8. The zero-order chi connectivity index (χ0) is 23.1. The van der Waals surface area contributed by atoms with E-state index in [4.69, 9.17) is 5.11 Å². The quantitative estimate of drug-likeness (QED) is 0.472. The maximum atomic E-state index is 12.7. The molecule has 7 heteroatoms. The second kappa shape index (κ2) is 10.3. The third kappa shape index (κ3) is 6.01. The zero-order valence-electron chi connectivity index (χ0n) is 17.6. The number of rotatable bonds is 9. The number of carbonyl (C=O) groups excluding carboxylic acids is 1. The van der Waals surface area contributed by atoms with Gasteiger partial charge in [-0.25, -0.2) is 4.79 Å². The Bertz CT molecular complexity index is 1100. The molecule has 0 spiro atoms. The standard InChI is InChI=1S/C25H24N2O5/c1-16(24(29)30)13-21(27-23(28)22-15-20(25(31)32)11-12-26-22)14-17-7-9-19(10-8-17)18-5-3-2-4-6-18/h2-12,15-16,21H,13-14H2,1H3,(H,27,28)(H,29,30)(H,31,32)/t16-,21?/m1/s1. The van der Waals surface area contributed by atoms with Crippen molar-refractivity contribution in [1.29, 1.82) is 0 Å². The van der Waals surface area contributed by atoms with E-state index in [9.17, 15) is 19.5 Å². The Morgan fingerprint density at radius 1 is 0.938 bits per heavy atom. The molecule has 1 heterocycles. The van der Waals surface area contributed by atoms with Gasteiger partial charge in [0.2, 0.25) is 0 Å². The summed E-state index contributed by atoms with van der Waals surface area (Å²) in [5.41, 5.74) is 3.02. The van der Waals surface area contributed by atoms with Gasteiger partial charge in [-0.2, -0.15) is 0 Å². The second-order valence-corrected chi connectivity index (χ2v) is 7.65. The molecule has 2 aromatic carbocycles. The van der Waals surface area contributed by atoms with Gasteiger partial charge in [-0.15, -0.1) is 0 Å². The Morgan fingerprint density at radius 3 is 2.22 bits per heavy atom. The minimum Gasteiger partial charge on any atom is -0.481 e. The molecule has 164 valence electrons. The number of aliphatic carboxylic acids is 1. The lowest BCUT2D eigenvalue weighted by Gasteiger charge is -2.21. The highest BCUT2D eigenvalue weighted by Gasteiger charge is 2.22. The summed E-state index contributed by atoms with van der Waals surface area (Å²) in [5, 5.41) is 21.3. The molecule has 0 aliphatic rings. The average molecular weight is 432 g/mol. The summed E-state index contributed by atoms with van der Waals surface area (Å²) in [7, 11) is 0. The van der Waals surface area contributed by atoms with E-state index in [1.165, 1.54) is 18.3 Å². The van der Waals surface area contributed by atoms with Crippen LogP contribution in [0.25, 0.3) is 11.1 Å². The van der Waals surface area contributed by atoms with Crippen LogP contribution in [-0.4, -0.2) is 39.1 Å². The van der Waals surface area contributed by atoms with Crippen molar-refractivity contribution in [1.82, 2.24) is 10.3 Å². The van der Waals surface area contributed by atoms with E-state index >= 15 is 0 Å². The van der Waals surface area contributed by atoms with Gasteiger partial charge in [0, 0.05) is 12.2 Å². The van der Waals surface area contributed by atoms with Gasteiger partial charge >= 0.3 is 11.9 Å². The van der Waals surface area contributed by atoms with Crippen molar-refractivity contribution >= 4 is 17.8 Å². The lowest BCUT2D eigenvalue weighted by molar-refractivity contribution is -0.141. The van der Waals surface area contributed by atoms with E-state index in [0.29, 0.717) is 6.42 Å². The predicted molar refractivity (Wildman–Crippen MR) is 119 cm³/mol. The molecule has 0 saturated heterocycles. The van der Waals surface area contributed by atoms with E-state index in [2.05, 4.69) is 10.3 Å². The van der Waals surface area contributed by atoms with Crippen molar-refractivity contribution in [3.63, 3.8) is 0 Å². The molecule has 1 aromatic heterocycles. The molecule has 0 fully saturated rings. The third-order valence-corrected chi connectivity index (χ3v) is 5.18. The number of benzene rings is 2.